The molecule has 1 unspecified atom stereocenters. The summed E-state index contributed by atoms with van der Waals surface area (Å²) in [4.78, 5) is 2.13. The van der Waals surface area contributed by atoms with Gasteiger partial charge in [0.15, 0.2) is 0 Å². The predicted octanol–water partition coefficient (Wildman–Crippen LogP) is 1.55. The molecular weight excluding hydrogens is 164 g/mol. The summed E-state index contributed by atoms with van der Waals surface area (Å²) in [5.74, 6) is 0.867. The summed E-state index contributed by atoms with van der Waals surface area (Å²) in [6, 6.07) is 0. The normalized spacial score (nSPS) is 12.4. The maximum atomic E-state index is 5.92. The van der Waals surface area contributed by atoms with Crippen molar-refractivity contribution in [3.8, 4) is 0 Å². The van der Waals surface area contributed by atoms with E-state index in [4.69, 9.17) is 10.5 Å². The standard InChI is InChI=1S/C10H22N2O/c1-6-12(7-9(4)13-5)10(11)8(2)3/h9H,6-7,11H2,1-5H3. The lowest BCUT2D eigenvalue weighted by atomic mass is 10.3. The molecule has 0 aliphatic heterocycles. The average Bonchev–Trinajstić information content (AvgIpc) is 2.12. The van der Waals surface area contributed by atoms with Gasteiger partial charge in [-0.1, -0.05) is 0 Å². The Morgan fingerprint density at radius 2 is 2.00 bits per heavy atom. The van der Waals surface area contributed by atoms with Gasteiger partial charge in [0.1, 0.15) is 0 Å². The Bertz CT molecular complexity index is 174. The summed E-state index contributed by atoms with van der Waals surface area (Å²) in [5.41, 5.74) is 7.08. The molecule has 0 saturated carbocycles. The van der Waals surface area contributed by atoms with E-state index in [0.717, 1.165) is 24.5 Å². The lowest BCUT2D eigenvalue weighted by Gasteiger charge is -2.26. The molecular formula is C10H22N2O. The third-order valence-electron chi connectivity index (χ3n) is 2.11. The molecule has 0 fully saturated rings. The summed E-state index contributed by atoms with van der Waals surface area (Å²) in [6.07, 6.45) is 0.220. The van der Waals surface area contributed by atoms with Crippen LogP contribution in [0.5, 0.6) is 0 Å². The van der Waals surface area contributed by atoms with Gasteiger partial charge in [-0.25, -0.2) is 0 Å². The van der Waals surface area contributed by atoms with Gasteiger partial charge in [0.2, 0.25) is 0 Å². The van der Waals surface area contributed by atoms with Gasteiger partial charge in [-0.05, 0) is 33.3 Å². The van der Waals surface area contributed by atoms with Crippen LogP contribution in [0, 0.1) is 0 Å². The van der Waals surface area contributed by atoms with E-state index in [2.05, 4.69) is 11.8 Å². The van der Waals surface area contributed by atoms with Crippen LogP contribution in [-0.2, 0) is 4.74 Å². The van der Waals surface area contributed by atoms with E-state index in [0.29, 0.717) is 0 Å². The first-order chi connectivity index (χ1) is 6.02. The number of allylic oxidation sites excluding steroid dienone is 1. The lowest BCUT2D eigenvalue weighted by molar-refractivity contribution is 0.0886. The van der Waals surface area contributed by atoms with Crippen LogP contribution < -0.4 is 5.73 Å². The summed E-state index contributed by atoms with van der Waals surface area (Å²) in [6.45, 7) is 9.96. The summed E-state index contributed by atoms with van der Waals surface area (Å²) >= 11 is 0. The topological polar surface area (TPSA) is 38.5 Å². The van der Waals surface area contributed by atoms with E-state index in [9.17, 15) is 0 Å². The van der Waals surface area contributed by atoms with E-state index >= 15 is 0 Å². The van der Waals surface area contributed by atoms with Crippen molar-refractivity contribution < 1.29 is 4.74 Å². The first-order valence-electron chi connectivity index (χ1n) is 4.73. The second kappa shape index (κ2) is 5.86. The van der Waals surface area contributed by atoms with Gasteiger partial charge >= 0.3 is 0 Å². The molecule has 0 heterocycles. The minimum absolute atomic E-state index is 0.220. The highest BCUT2D eigenvalue weighted by molar-refractivity contribution is 5.04. The average molecular weight is 186 g/mol. The Labute approximate surface area is 81.5 Å². The van der Waals surface area contributed by atoms with Crippen molar-refractivity contribution in [2.75, 3.05) is 20.2 Å². The van der Waals surface area contributed by atoms with Crippen LogP contribution in [0.1, 0.15) is 27.7 Å². The van der Waals surface area contributed by atoms with Crippen LogP contribution in [0.3, 0.4) is 0 Å². The Hall–Kier alpha value is -0.700. The van der Waals surface area contributed by atoms with E-state index < -0.39 is 0 Å². The van der Waals surface area contributed by atoms with Crippen LogP contribution in [0.2, 0.25) is 0 Å². The molecule has 3 nitrogen and oxygen atoms in total. The Balaban J connectivity index is 4.27. The molecule has 0 bridgehead atoms. The Morgan fingerprint density at radius 1 is 1.46 bits per heavy atom. The molecule has 78 valence electrons. The van der Waals surface area contributed by atoms with Crippen LogP contribution in [0.15, 0.2) is 11.4 Å². The van der Waals surface area contributed by atoms with Gasteiger partial charge in [0, 0.05) is 20.2 Å². The molecule has 0 amide bonds. The molecule has 0 spiro atoms. The van der Waals surface area contributed by atoms with Crippen LogP contribution in [-0.4, -0.2) is 31.2 Å². The van der Waals surface area contributed by atoms with Crippen LogP contribution in [0.25, 0.3) is 0 Å². The van der Waals surface area contributed by atoms with Gasteiger partial charge in [-0.15, -0.1) is 0 Å². The predicted molar refractivity (Wildman–Crippen MR) is 56.3 cm³/mol. The van der Waals surface area contributed by atoms with Gasteiger partial charge in [0.05, 0.1) is 11.9 Å². The fraction of sp³-hybridized carbons (Fsp3) is 0.800. The first-order valence-corrected chi connectivity index (χ1v) is 4.73. The smallest absolute Gasteiger partial charge is 0.0973 e. The zero-order chi connectivity index (χ0) is 10.4. The number of hydrogen-bond acceptors (Lipinski definition) is 3. The highest BCUT2D eigenvalue weighted by atomic mass is 16.5. The zero-order valence-corrected chi connectivity index (χ0v) is 9.42. The molecule has 0 aliphatic rings. The molecule has 0 aromatic heterocycles. The van der Waals surface area contributed by atoms with E-state index in [1.807, 2.05) is 20.8 Å². The molecule has 13 heavy (non-hydrogen) atoms. The molecule has 0 saturated heterocycles. The van der Waals surface area contributed by atoms with Crippen LogP contribution >= 0.6 is 0 Å². The monoisotopic (exact) mass is 186 g/mol. The third-order valence-corrected chi connectivity index (χ3v) is 2.11. The second-order valence-corrected chi connectivity index (χ2v) is 3.47. The lowest BCUT2D eigenvalue weighted by Crippen LogP contribution is -2.35. The molecule has 0 radical (unpaired) electrons. The number of ether oxygens (including phenoxy) is 1. The van der Waals surface area contributed by atoms with Crippen LogP contribution in [0.4, 0.5) is 0 Å². The fourth-order valence-corrected chi connectivity index (χ4v) is 1.10. The third kappa shape index (κ3) is 4.18. The van der Waals surface area contributed by atoms with Gasteiger partial charge in [-0.2, -0.15) is 0 Å². The van der Waals surface area contributed by atoms with Crippen molar-refractivity contribution in [3.63, 3.8) is 0 Å². The Kier molecular flexibility index (Phi) is 5.55. The summed E-state index contributed by atoms with van der Waals surface area (Å²) < 4.78 is 5.19. The zero-order valence-electron chi connectivity index (χ0n) is 9.42. The minimum atomic E-state index is 0.220. The molecule has 0 aromatic carbocycles. The number of nitrogens with zero attached hydrogens (tertiary/aromatic N) is 1. The highest BCUT2D eigenvalue weighted by Crippen LogP contribution is 2.05. The number of hydrogen-bond donors (Lipinski definition) is 1. The van der Waals surface area contributed by atoms with Crippen molar-refractivity contribution >= 4 is 0 Å². The van der Waals surface area contributed by atoms with Crippen molar-refractivity contribution in [2.45, 2.75) is 33.8 Å². The van der Waals surface area contributed by atoms with Gasteiger partial charge < -0.3 is 15.4 Å². The summed E-state index contributed by atoms with van der Waals surface area (Å²) in [5, 5.41) is 0. The second-order valence-electron chi connectivity index (χ2n) is 3.47. The quantitative estimate of drug-likeness (QED) is 0.708. The highest BCUT2D eigenvalue weighted by Gasteiger charge is 2.09. The molecule has 2 N–H and O–H groups in total. The molecule has 0 rings (SSSR count). The van der Waals surface area contributed by atoms with Crippen molar-refractivity contribution in [1.29, 1.82) is 0 Å². The van der Waals surface area contributed by atoms with Crippen molar-refractivity contribution in [2.24, 2.45) is 5.73 Å². The van der Waals surface area contributed by atoms with Gasteiger partial charge in [0.25, 0.3) is 0 Å². The first kappa shape index (κ1) is 12.3. The molecule has 0 aliphatic carbocycles. The summed E-state index contributed by atoms with van der Waals surface area (Å²) in [7, 11) is 1.72. The molecule has 3 heteroatoms. The van der Waals surface area contributed by atoms with Crippen molar-refractivity contribution in [1.82, 2.24) is 4.90 Å². The number of likely N-dealkylation sites (N-methyl/N-ethyl adjacent to an activating group) is 1. The maximum Gasteiger partial charge on any atom is 0.0973 e. The Morgan fingerprint density at radius 3 is 2.31 bits per heavy atom. The minimum Gasteiger partial charge on any atom is -0.385 e. The number of methoxy groups -OCH3 is 1. The number of nitrogens with two attached hydrogens (primary N) is 1. The van der Waals surface area contributed by atoms with E-state index in [1.165, 1.54) is 0 Å². The van der Waals surface area contributed by atoms with Crippen molar-refractivity contribution in [3.05, 3.63) is 11.4 Å². The fourth-order valence-electron chi connectivity index (χ4n) is 1.10. The number of rotatable bonds is 5. The maximum absolute atomic E-state index is 5.92. The van der Waals surface area contributed by atoms with E-state index in [1.54, 1.807) is 7.11 Å². The SMILES string of the molecule is CCN(CC(C)OC)C(N)=C(C)C. The molecule has 1 atom stereocenters. The van der Waals surface area contributed by atoms with Gasteiger partial charge in [-0.3, -0.25) is 0 Å². The molecule has 0 aromatic rings. The van der Waals surface area contributed by atoms with E-state index in [-0.39, 0.29) is 6.10 Å². The largest absolute Gasteiger partial charge is 0.385 e.